The van der Waals surface area contributed by atoms with Crippen LogP contribution in [0.5, 0.6) is 0 Å². The highest BCUT2D eigenvalue weighted by atomic mass is 32.2. The molecule has 9 heteroatoms. The van der Waals surface area contributed by atoms with Gasteiger partial charge in [0, 0.05) is 5.56 Å². The predicted molar refractivity (Wildman–Crippen MR) is 83.1 cm³/mol. The Morgan fingerprint density at radius 2 is 2.17 bits per heavy atom. The van der Waals surface area contributed by atoms with Crippen molar-refractivity contribution >= 4 is 28.1 Å². The van der Waals surface area contributed by atoms with Crippen LogP contribution in [0, 0.1) is 12.7 Å². The summed E-state index contributed by atoms with van der Waals surface area (Å²) in [6.07, 6.45) is 1.25. The van der Waals surface area contributed by atoms with Crippen molar-refractivity contribution in [3.8, 4) is 0 Å². The molecule has 0 aliphatic carbocycles. The van der Waals surface area contributed by atoms with Gasteiger partial charge in [-0.1, -0.05) is 6.07 Å². The highest BCUT2D eigenvalue weighted by molar-refractivity contribution is 7.90. The molecule has 1 aliphatic rings. The van der Waals surface area contributed by atoms with Crippen molar-refractivity contribution < 1.29 is 22.5 Å². The van der Waals surface area contributed by atoms with Crippen LogP contribution in [0.4, 0.5) is 10.1 Å². The van der Waals surface area contributed by atoms with E-state index in [1.165, 1.54) is 24.4 Å². The summed E-state index contributed by atoms with van der Waals surface area (Å²) in [4.78, 5) is 3.85. The third-order valence-corrected chi connectivity index (χ3v) is 5.37. The van der Waals surface area contributed by atoms with Gasteiger partial charge in [-0.05, 0) is 35.6 Å². The Kier molecular flexibility index (Phi) is 3.87. The fraction of sp³-hybridized carbons (Fsp3) is 0.214. The fourth-order valence-corrected chi connectivity index (χ4v) is 4.12. The number of aromatic nitrogens is 1. The number of anilines is 1. The van der Waals surface area contributed by atoms with Gasteiger partial charge in [-0.3, -0.25) is 0 Å². The van der Waals surface area contributed by atoms with E-state index < -0.39 is 28.5 Å². The van der Waals surface area contributed by atoms with Crippen LogP contribution < -0.4 is 11.2 Å². The summed E-state index contributed by atoms with van der Waals surface area (Å²) in [5.41, 5.74) is 7.18. The van der Waals surface area contributed by atoms with Crippen LogP contribution in [0.2, 0.25) is 0 Å². The van der Waals surface area contributed by atoms with Crippen LogP contribution in [-0.2, 0) is 26.9 Å². The molecular formula is C14H14BFN2O4S. The Bertz CT molecular complexity index is 889. The lowest BCUT2D eigenvalue weighted by molar-refractivity contribution is 0.275. The molecular weight excluding hydrogens is 322 g/mol. The van der Waals surface area contributed by atoms with E-state index in [0.717, 1.165) is 0 Å². The Labute approximate surface area is 133 Å². The molecule has 3 N–H and O–H groups in total. The molecule has 3 rings (SSSR count). The van der Waals surface area contributed by atoms with Crippen LogP contribution in [-0.4, -0.2) is 25.5 Å². The Hall–Kier alpha value is -1.97. The molecule has 1 aromatic carbocycles. The minimum absolute atomic E-state index is 0.0358. The van der Waals surface area contributed by atoms with Gasteiger partial charge >= 0.3 is 7.12 Å². The van der Waals surface area contributed by atoms with Crippen LogP contribution in [0.15, 0.2) is 29.4 Å². The first kappa shape index (κ1) is 15.9. The lowest BCUT2D eigenvalue weighted by Crippen LogP contribution is -2.29. The molecule has 6 nitrogen and oxygen atoms in total. The van der Waals surface area contributed by atoms with Gasteiger partial charge in [0.05, 0.1) is 24.2 Å². The molecule has 0 spiro atoms. The molecule has 0 unspecified atom stereocenters. The van der Waals surface area contributed by atoms with E-state index >= 15 is 0 Å². The molecule has 0 saturated carbocycles. The number of aryl methyl sites for hydroxylation is 1. The van der Waals surface area contributed by atoms with Crippen LogP contribution in [0.25, 0.3) is 0 Å². The quantitative estimate of drug-likeness (QED) is 0.782. The van der Waals surface area contributed by atoms with Crippen LogP contribution in [0.3, 0.4) is 0 Å². The average Bonchev–Trinajstić information content (AvgIpc) is 2.79. The Balaban J connectivity index is 2.00. The molecule has 0 amide bonds. The summed E-state index contributed by atoms with van der Waals surface area (Å²) in [6, 6.07) is 4.02. The molecule has 1 aromatic heterocycles. The SMILES string of the molecule is Cc1cc(N)cnc1S(=O)(=O)Cc1cc2c(cc1F)COB2O. The number of nitrogens with two attached hydrogens (primary N) is 1. The van der Waals surface area contributed by atoms with Crippen LogP contribution in [0.1, 0.15) is 16.7 Å². The first-order valence-corrected chi connectivity index (χ1v) is 8.49. The number of rotatable bonds is 3. The van der Waals surface area contributed by atoms with Crippen molar-refractivity contribution in [2.45, 2.75) is 24.3 Å². The van der Waals surface area contributed by atoms with Crippen molar-refractivity contribution in [2.24, 2.45) is 0 Å². The van der Waals surface area contributed by atoms with Gasteiger partial charge in [0.1, 0.15) is 5.82 Å². The summed E-state index contributed by atoms with van der Waals surface area (Å²) < 4.78 is 44.1. The van der Waals surface area contributed by atoms with E-state index in [1.807, 2.05) is 0 Å². The average molecular weight is 336 g/mol. The van der Waals surface area contributed by atoms with E-state index in [1.54, 1.807) is 6.92 Å². The van der Waals surface area contributed by atoms with Crippen molar-refractivity contribution in [3.05, 3.63) is 46.9 Å². The number of hydrogen-bond acceptors (Lipinski definition) is 6. The molecule has 120 valence electrons. The summed E-state index contributed by atoms with van der Waals surface area (Å²) in [7, 11) is -5.01. The fourth-order valence-electron chi connectivity index (χ4n) is 2.58. The van der Waals surface area contributed by atoms with Gasteiger partial charge in [0.25, 0.3) is 0 Å². The molecule has 0 fully saturated rings. The zero-order chi connectivity index (χ0) is 16.8. The van der Waals surface area contributed by atoms with E-state index in [0.29, 0.717) is 22.3 Å². The Morgan fingerprint density at radius 3 is 2.87 bits per heavy atom. The number of nitrogen functional groups attached to an aromatic ring is 1. The highest BCUT2D eigenvalue weighted by Crippen LogP contribution is 2.22. The molecule has 0 saturated heterocycles. The number of hydrogen-bond donors (Lipinski definition) is 2. The molecule has 0 atom stereocenters. The lowest BCUT2D eigenvalue weighted by atomic mass is 9.79. The van der Waals surface area contributed by atoms with Crippen LogP contribution >= 0.6 is 0 Å². The molecule has 1 aliphatic heterocycles. The largest absolute Gasteiger partial charge is 0.491 e. The monoisotopic (exact) mass is 336 g/mol. The molecule has 0 bridgehead atoms. The molecule has 2 aromatic rings. The van der Waals surface area contributed by atoms with Crippen molar-refractivity contribution in [3.63, 3.8) is 0 Å². The second-order valence-electron chi connectivity index (χ2n) is 5.46. The zero-order valence-electron chi connectivity index (χ0n) is 12.3. The number of fused-ring (bicyclic) bond motifs is 1. The number of halogens is 1. The topological polar surface area (TPSA) is 103 Å². The maximum Gasteiger partial charge on any atom is 0.491 e. The highest BCUT2D eigenvalue weighted by Gasteiger charge is 2.30. The van der Waals surface area contributed by atoms with E-state index in [4.69, 9.17) is 10.4 Å². The van der Waals surface area contributed by atoms with E-state index in [9.17, 15) is 17.8 Å². The van der Waals surface area contributed by atoms with Gasteiger partial charge in [0.2, 0.25) is 0 Å². The summed E-state index contributed by atoms with van der Waals surface area (Å²) in [5.74, 6) is -1.21. The normalized spacial score (nSPS) is 14.1. The number of benzene rings is 1. The van der Waals surface area contributed by atoms with Crippen molar-refractivity contribution in [2.75, 3.05) is 5.73 Å². The van der Waals surface area contributed by atoms with E-state index in [-0.39, 0.29) is 17.2 Å². The Morgan fingerprint density at radius 1 is 1.43 bits per heavy atom. The molecule has 0 radical (unpaired) electrons. The zero-order valence-corrected chi connectivity index (χ0v) is 13.1. The van der Waals surface area contributed by atoms with Gasteiger partial charge in [-0.15, -0.1) is 0 Å². The van der Waals surface area contributed by atoms with Gasteiger partial charge in [-0.25, -0.2) is 17.8 Å². The lowest BCUT2D eigenvalue weighted by Gasteiger charge is -2.10. The molecule has 23 heavy (non-hydrogen) atoms. The minimum atomic E-state index is -3.85. The maximum atomic E-state index is 14.1. The smallest absolute Gasteiger partial charge is 0.423 e. The summed E-state index contributed by atoms with van der Waals surface area (Å²) >= 11 is 0. The van der Waals surface area contributed by atoms with E-state index in [2.05, 4.69) is 4.98 Å². The number of sulfone groups is 1. The first-order chi connectivity index (χ1) is 10.8. The second-order valence-corrected chi connectivity index (χ2v) is 7.36. The van der Waals surface area contributed by atoms with Crippen molar-refractivity contribution in [1.82, 2.24) is 4.98 Å². The summed E-state index contributed by atoms with van der Waals surface area (Å²) in [5, 5.41) is 9.53. The second kappa shape index (κ2) is 5.59. The van der Waals surface area contributed by atoms with Gasteiger partial charge < -0.3 is 15.4 Å². The minimum Gasteiger partial charge on any atom is -0.423 e. The van der Waals surface area contributed by atoms with Crippen molar-refractivity contribution in [1.29, 1.82) is 0 Å². The third kappa shape index (κ3) is 2.95. The van der Waals surface area contributed by atoms with Gasteiger partial charge in [0.15, 0.2) is 14.9 Å². The standard InChI is InChI=1S/C14H14BFN2O4S/c1-8-2-11(17)5-18-14(8)23(20,21)7-10-3-12-9(4-13(10)16)6-22-15(12)19/h2-5,19H,6-7,17H2,1H3. The summed E-state index contributed by atoms with van der Waals surface area (Å²) in [6.45, 7) is 1.67. The maximum absolute atomic E-state index is 14.1. The number of nitrogens with zero attached hydrogens (tertiary/aromatic N) is 1. The van der Waals surface area contributed by atoms with Gasteiger partial charge in [-0.2, -0.15) is 0 Å². The third-order valence-electron chi connectivity index (χ3n) is 3.66. The molecule has 2 heterocycles. The number of pyridine rings is 1. The first-order valence-electron chi connectivity index (χ1n) is 6.83. The predicted octanol–water partition coefficient (Wildman–Crippen LogP) is 0.303.